The van der Waals surface area contributed by atoms with Crippen molar-refractivity contribution in [3.8, 4) is 0 Å². The molecule has 1 rings (SSSR count). The minimum absolute atomic E-state index is 0.191. The van der Waals surface area contributed by atoms with Crippen LogP contribution in [0.4, 0.5) is 0 Å². The summed E-state index contributed by atoms with van der Waals surface area (Å²) in [5.41, 5.74) is 0. The van der Waals surface area contributed by atoms with Crippen molar-refractivity contribution in [2.45, 2.75) is 44.6 Å². The Morgan fingerprint density at radius 3 is 2.56 bits per heavy atom. The molecule has 3 nitrogen and oxygen atoms in total. The lowest BCUT2D eigenvalue weighted by atomic mass is 9.87. The van der Waals surface area contributed by atoms with Gasteiger partial charge < -0.3 is 14.8 Å². The van der Waals surface area contributed by atoms with Crippen LogP contribution >= 0.6 is 0 Å². The maximum Gasteiger partial charge on any atom is 0.0928 e. The molecule has 3 heteroatoms. The van der Waals surface area contributed by atoms with Crippen LogP contribution in [0.25, 0.3) is 0 Å². The summed E-state index contributed by atoms with van der Waals surface area (Å²) in [5.74, 6) is 0.963. The lowest BCUT2D eigenvalue weighted by Gasteiger charge is -2.22. The van der Waals surface area contributed by atoms with Crippen LogP contribution in [-0.4, -0.2) is 40.0 Å². The van der Waals surface area contributed by atoms with Crippen molar-refractivity contribution in [2.75, 3.05) is 33.9 Å². The van der Waals surface area contributed by atoms with Crippen LogP contribution in [0.3, 0.4) is 0 Å². The molecule has 1 fully saturated rings. The van der Waals surface area contributed by atoms with E-state index in [-0.39, 0.29) is 6.10 Å². The number of rotatable bonds is 8. The molecular weight excluding hydrogens is 202 g/mol. The molecule has 0 aromatic heterocycles. The molecule has 16 heavy (non-hydrogen) atoms. The van der Waals surface area contributed by atoms with E-state index in [9.17, 15) is 0 Å². The first kappa shape index (κ1) is 13.9. The predicted molar refractivity (Wildman–Crippen MR) is 66.7 cm³/mol. The minimum atomic E-state index is 0.191. The monoisotopic (exact) mass is 229 g/mol. The van der Waals surface area contributed by atoms with Crippen molar-refractivity contribution in [3.05, 3.63) is 0 Å². The number of ether oxygens (including phenoxy) is 2. The fourth-order valence-corrected chi connectivity index (χ4v) is 2.44. The van der Waals surface area contributed by atoms with Gasteiger partial charge in [-0.05, 0) is 18.9 Å². The Kier molecular flexibility index (Phi) is 7.81. The van der Waals surface area contributed by atoms with Crippen molar-refractivity contribution in [1.29, 1.82) is 0 Å². The summed E-state index contributed by atoms with van der Waals surface area (Å²) < 4.78 is 10.4. The standard InChI is InChI=1S/C13H27NO2/c1-15-11-13(16-2)10-14-9-8-12-6-4-3-5-7-12/h12-14H,3-11H2,1-2H3. The zero-order valence-electron chi connectivity index (χ0n) is 10.8. The van der Waals surface area contributed by atoms with Crippen LogP contribution in [0.1, 0.15) is 38.5 Å². The topological polar surface area (TPSA) is 30.5 Å². The van der Waals surface area contributed by atoms with Crippen LogP contribution in [0.5, 0.6) is 0 Å². The lowest BCUT2D eigenvalue weighted by Crippen LogP contribution is -2.33. The Morgan fingerprint density at radius 1 is 1.19 bits per heavy atom. The molecule has 0 saturated heterocycles. The van der Waals surface area contributed by atoms with Gasteiger partial charge in [-0.2, -0.15) is 0 Å². The Hall–Kier alpha value is -0.120. The van der Waals surface area contributed by atoms with Gasteiger partial charge in [0.05, 0.1) is 12.7 Å². The van der Waals surface area contributed by atoms with Crippen molar-refractivity contribution < 1.29 is 9.47 Å². The summed E-state index contributed by atoms with van der Waals surface area (Å²) in [5, 5.41) is 3.46. The third-order valence-corrected chi connectivity index (χ3v) is 3.51. The van der Waals surface area contributed by atoms with Gasteiger partial charge in [-0.15, -0.1) is 0 Å². The molecule has 1 aliphatic rings. The van der Waals surface area contributed by atoms with Gasteiger partial charge in [-0.3, -0.25) is 0 Å². The summed E-state index contributed by atoms with van der Waals surface area (Å²) in [6, 6.07) is 0. The number of hydrogen-bond acceptors (Lipinski definition) is 3. The highest BCUT2D eigenvalue weighted by Gasteiger charge is 2.13. The van der Waals surface area contributed by atoms with Crippen LogP contribution in [0.15, 0.2) is 0 Å². The Labute approximate surface area is 99.9 Å². The molecular formula is C13H27NO2. The van der Waals surface area contributed by atoms with Gasteiger partial charge in [0.2, 0.25) is 0 Å². The first-order valence-corrected chi connectivity index (χ1v) is 6.59. The van der Waals surface area contributed by atoms with Crippen molar-refractivity contribution >= 4 is 0 Å². The zero-order valence-corrected chi connectivity index (χ0v) is 10.8. The molecule has 0 aromatic carbocycles. The molecule has 1 aliphatic carbocycles. The molecule has 0 spiro atoms. The van der Waals surface area contributed by atoms with Crippen LogP contribution in [0, 0.1) is 5.92 Å². The summed E-state index contributed by atoms with van der Waals surface area (Å²) >= 11 is 0. The van der Waals surface area contributed by atoms with Crippen molar-refractivity contribution in [1.82, 2.24) is 5.32 Å². The second kappa shape index (κ2) is 8.97. The summed E-state index contributed by atoms with van der Waals surface area (Å²) in [6.45, 7) is 2.69. The highest BCUT2D eigenvalue weighted by Crippen LogP contribution is 2.25. The molecule has 1 saturated carbocycles. The van der Waals surface area contributed by atoms with Crippen LogP contribution in [0.2, 0.25) is 0 Å². The Morgan fingerprint density at radius 2 is 1.94 bits per heavy atom. The molecule has 0 aliphatic heterocycles. The van der Waals surface area contributed by atoms with E-state index in [2.05, 4.69) is 5.32 Å². The first-order chi connectivity index (χ1) is 7.86. The van der Waals surface area contributed by atoms with Gasteiger partial charge in [-0.25, -0.2) is 0 Å². The van der Waals surface area contributed by atoms with Gasteiger partial charge in [0.25, 0.3) is 0 Å². The van der Waals surface area contributed by atoms with Crippen molar-refractivity contribution in [3.63, 3.8) is 0 Å². The number of methoxy groups -OCH3 is 2. The smallest absolute Gasteiger partial charge is 0.0928 e. The molecule has 96 valence electrons. The summed E-state index contributed by atoms with van der Waals surface area (Å²) in [7, 11) is 3.46. The molecule has 1 unspecified atom stereocenters. The number of nitrogens with one attached hydrogen (secondary N) is 1. The number of hydrogen-bond donors (Lipinski definition) is 1. The van der Waals surface area contributed by atoms with Gasteiger partial charge >= 0.3 is 0 Å². The molecule has 0 bridgehead atoms. The highest BCUT2D eigenvalue weighted by atomic mass is 16.5. The van der Waals surface area contributed by atoms with Crippen LogP contribution < -0.4 is 5.32 Å². The average Bonchev–Trinajstić information content (AvgIpc) is 2.34. The van der Waals surface area contributed by atoms with Crippen LogP contribution in [-0.2, 0) is 9.47 Å². The predicted octanol–water partition coefficient (Wildman–Crippen LogP) is 2.21. The second-order valence-corrected chi connectivity index (χ2v) is 4.81. The van der Waals surface area contributed by atoms with E-state index >= 15 is 0 Å². The summed E-state index contributed by atoms with van der Waals surface area (Å²) in [6.07, 6.45) is 8.72. The molecule has 0 aromatic rings. The maximum absolute atomic E-state index is 5.30. The molecule has 0 radical (unpaired) electrons. The lowest BCUT2D eigenvalue weighted by molar-refractivity contribution is 0.0288. The SMILES string of the molecule is COCC(CNCCC1CCCCC1)OC. The molecule has 1 N–H and O–H groups in total. The fraction of sp³-hybridized carbons (Fsp3) is 1.00. The fourth-order valence-electron chi connectivity index (χ4n) is 2.44. The van der Waals surface area contributed by atoms with E-state index in [4.69, 9.17) is 9.47 Å². The van der Waals surface area contributed by atoms with E-state index in [1.807, 2.05) is 0 Å². The highest BCUT2D eigenvalue weighted by molar-refractivity contribution is 4.68. The molecule has 0 heterocycles. The normalized spacial score (nSPS) is 19.9. The Balaban J connectivity index is 1.97. The second-order valence-electron chi connectivity index (χ2n) is 4.81. The minimum Gasteiger partial charge on any atom is -0.382 e. The maximum atomic E-state index is 5.30. The molecule has 0 amide bonds. The largest absolute Gasteiger partial charge is 0.382 e. The first-order valence-electron chi connectivity index (χ1n) is 6.59. The van der Waals surface area contributed by atoms with Gasteiger partial charge in [0.15, 0.2) is 0 Å². The van der Waals surface area contributed by atoms with E-state index in [1.54, 1.807) is 14.2 Å². The molecule has 1 atom stereocenters. The zero-order chi connectivity index (χ0) is 11.6. The van der Waals surface area contributed by atoms with E-state index in [0.29, 0.717) is 6.61 Å². The quantitative estimate of drug-likeness (QED) is 0.647. The third-order valence-electron chi connectivity index (χ3n) is 3.51. The van der Waals surface area contributed by atoms with Gasteiger partial charge in [-0.1, -0.05) is 32.1 Å². The van der Waals surface area contributed by atoms with Gasteiger partial charge in [0, 0.05) is 20.8 Å². The Bertz CT molecular complexity index is 151. The van der Waals surface area contributed by atoms with Crippen molar-refractivity contribution in [2.24, 2.45) is 5.92 Å². The van der Waals surface area contributed by atoms with Gasteiger partial charge in [0.1, 0.15) is 0 Å². The summed E-state index contributed by atoms with van der Waals surface area (Å²) in [4.78, 5) is 0. The van der Waals surface area contributed by atoms with E-state index in [1.165, 1.54) is 38.5 Å². The van der Waals surface area contributed by atoms with E-state index < -0.39 is 0 Å². The third kappa shape index (κ3) is 5.83. The van der Waals surface area contributed by atoms with E-state index in [0.717, 1.165) is 19.0 Å². The average molecular weight is 229 g/mol.